The SMILES string of the molecule is Fc1ccc(CN2CCN(c3ccc(N4CCOCC4)nn3)CC2)c(F)c1. The van der Waals surface area contributed by atoms with Crippen molar-refractivity contribution < 1.29 is 13.5 Å². The fourth-order valence-corrected chi connectivity index (χ4v) is 3.47. The average molecular weight is 375 g/mol. The molecule has 0 bridgehead atoms. The lowest BCUT2D eigenvalue weighted by atomic mass is 10.2. The molecule has 2 saturated heterocycles. The van der Waals surface area contributed by atoms with Crippen molar-refractivity contribution in [3.8, 4) is 0 Å². The number of aromatic nitrogens is 2. The molecule has 2 aromatic rings. The summed E-state index contributed by atoms with van der Waals surface area (Å²) < 4.78 is 32.2. The Balaban J connectivity index is 1.32. The first-order valence-corrected chi connectivity index (χ1v) is 9.27. The number of benzene rings is 1. The van der Waals surface area contributed by atoms with Crippen molar-refractivity contribution in [3.63, 3.8) is 0 Å². The van der Waals surface area contributed by atoms with E-state index in [0.29, 0.717) is 12.1 Å². The molecule has 0 saturated carbocycles. The van der Waals surface area contributed by atoms with Crippen LogP contribution in [-0.2, 0) is 11.3 Å². The lowest BCUT2D eigenvalue weighted by molar-refractivity contribution is 0.122. The Labute approximate surface area is 157 Å². The minimum Gasteiger partial charge on any atom is -0.378 e. The summed E-state index contributed by atoms with van der Waals surface area (Å²) >= 11 is 0. The van der Waals surface area contributed by atoms with Crippen molar-refractivity contribution in [1.29, 1.82) is 0 Å². The van der Waals surface area contributed by atoms with Gasteiger partial charge in [0.1, 0.15) is 11.6 Å². The van der Waals surface area contributed by atoms with Crippen molar-refractivity contribution in [2.24, 2.45) is 0 Å². The molecule has 8 heteroatoms. The number of hydrogen-bond donors (Lipinski definition) is 0. The maximum atomic E-state index is 13.8. The van der Waals surface area contributed by atoms with E-state index in [1.54, 1.807) is 0 Å². The highest BCUT2D eigenvalue weighted by atomic mass is 19.1. The molecule has 2 aliphatic heterocycles. The van der Waals surface area contributed by atoms with E-state index in [-0.39, 0.29) is 0 Å². The number of morpholine rings is 1. The summed E-state index contributed by atoms with van der Waals surface area (Å²) in [7, 11) is 0. The number of nitrogens with zero attached hydrogens (tertiary/aromatic N) is 5. The van der Waals surface area contributed by atoms with E-state index in [4.69, 9.17) is 4.74 Å². The molecule has 0 aliphatic carbocycles. The third-order valence-electron chi connectivity index (χ3n) is 5.08. The van der Waals surface area contributed by atoms with Gasteiger partial charge >= 0.3 is 0 Å². The maximum Gasteiger partial charge on any atom is 0.151 e. The van der Waals surface area contributed by atoms with Crippen LogP contribution in [0, 0.1) is 11.6 Å². The van der Waals surface area contributed by atoms with Crippen LogP contribution in [0.4, 0.5) is 20.4 Å². The van der Waals surface area contributed by atoms with Gasteiger partial charge in [-0.2, -0.15) is 0 Å². The summed E-state index contributed by atoms with van der Waals surface area (Å²) in [4.78, 5) is 6.53. The first kappa shape index (κ1) is 18.1. The fourth-order valence-electron chi connectivity index (χ4n) is 3.47. The molecule has 4 rings (SSSR count). The Bertz CT molecular complexity index is 759. The molecule has 0 radical (unpaired) electrons. The molecule has 0 atom stereocenters. The van der Waals surface area contributed by atoms with E-state index in [1.807, 2.05) is 12.1 Å². The van der Waals surface area contributed by atoms with Gasteiger partial charge in [0, 0.05) is 57.4 Å². The third kappa shape index (κ3) is 4.33. The predicted molar refractivity (Wildman–Crippen MR) is 98.9 cm³/mol. The Morgan fingerprint density at radius 3 is 2.04 bits per heavy atom. The zero-order chi connectivity index (χ0) is 18.6. The highest BCUT2D eigenvalue weighted by Crippen LogP contribution is 2.19. The monoisotopic (exact) mass is 375 g/mol. The van der Waals surface area contributed by atoms with Crippen LogP contribution in [0.5, 0.6) is 0 Å². The second kappa shape index (κ2) is 8.14. The van der Waals surface area contributed by atoms with Crippen LogP contribution in [0.15, 0.2) is 30.3 Å². The molecule has 0 amide bonds. The van der Waals surface area contributed by atoms with Gasteiger partial charge in [0.2, 0.25) is 0 Å². The standard InChI is InChI=1S/C19H23F2N5O/c20-16-2-1-15(17(21)13-16)14-24-5-7-25(8-6-24)18-3-4-19(23-22-18)26-9-11-27-12-10-26/h1-4,13H,5-12,14H2. The van der Waals surface area contributed by atoms with Crippen molar-refractivity contribution in [1.82, 2.24) is 15.1 Å². The van der Waals surface area contributed by atoms with Gasteiger partial charge in [0.05, 0.1) is 13.2 Å². The van der Waals surface area contributed by atoms with E-state index in [1.165, 1.54) is 12.1 Å². The first-order chi connectivity index (χ1) is 13.2. The number of rotatable bonds is 4. The number of halogens is 2. The van der Waals surface area contributed by atoms with Gasteiger partial charge in [-0.05, 0) is 18.2 Å². The van der Waals surface area contributed by atoms with Crippen LogP contribution in [0.25, 0.3) is 0 Å². The highest BCUT2D eigenvalue weighted by molar-refractivity contribution is 5.45. The van der Waals surface area contributed by atoms with Crippen LogP contribution >= 0.6 is 0 Å². The largest absolute Gasteiger partial charge is 0.378 e. The van der Waals surface area contributed by atoms with Crippen molar-refractivity contribution in [2.75, 3.05) is 62.3 Å². The molecule has 0 unspecified atom stereocenters. The third-order valence-corrected chi connectivity index (χ3v) is 5.08. The van der Waals surface area contributed by atoms with Gasteiger partial charge in [-0.3, -0.25) is 4.90 Å². The lowest BCUT2D eigenvalue weighted by Crippen LogP contribution is -2.46. The molecule has 1 aromatic heterocycles. The minimum atomic E-state index is -0.542. The zero-order valence-corrected chi connectivity index (χ0v) is 15.2. The average Bonchev–Trinajstić information content (AvgIpc) is 2.71. The van der Waals surface area contributed by atoms with Gasteiger partial charge < -0.3 is 14.5 Å². The second-order valence-corrected chi connectivity index (χ2v) is 6.85. The van der Waals surface area contributed by atoms with Crippen molar-refractivity contribution in [2.45, 2.75) is 6.54 Å². The first-order valence-electron chi connectivity index (χ1n) is 9.27. The van der Waals surface area contributed by atoms with Crippen LogP contribution in [0.3, 0.4) is 0 Å². The summed E-state index contributed by atoms with van der Waals surface area (Å²) in [5, 5.41) is 8.75. The van der Waals surface area contributed by atoms with E-state index in [9.17, 15) is 8.78 Å². The van der Waals surface area contributed by atoms with Gasteiger partial charge in [-0.1, -0.05) is 6.07 Å². The summed E-state index contributed by atoms with van der Waals surface area (Å²) in [6.07, 6.45) is 0. The number of piperazine rings is 1. The molecule has 2 aliphatic rings. The summed E-state index contributed by atoms with van der Waals surface area (Å²) in [6.45, 7) is 6.80. The Morgan fingerprint density at radius 1 is 0.815 bits per heavy atom. The van der Waals surface area contributed by atoms with Gasteiger partial charge in [0.15, 0.2) is 11.6 Å². The maximum absolute atomic E-state index is 13.8. The molecular weight excluding hydrogens is 352 g/mol. The Morgan fingerprint density at radius 2 is 1.44 bits per heavy atom. The number of ether oxygens (including phenoxy) is 1. The van der Waals surface area contributed by atoms with E-state index in [0.717, 1.165) is 70.2 Å². The minimum absolute atomic E-state index is 0.484. The van der Waals surface area contributed by atoms with E-state index < -0.39 is 11.6 Å². The molecule has 3 heterocycles. The van der Waals surface area contributed by atoms with Gasteiger partial charge in [0.25, 0.3) is 0 Å². The van der Waals surface area contributed by atoms with E-state index >= 15 is 0 Å². The van der Waals surface area contributed by atoms with Crippen LogP contribution in [0.1, 0.15) is 5.56 Å². The molecule has 0 N–H and O–H groups in total. The highest BCUT2D eigenvalue weighted by Gasteiger charge is 2.20. The van der Waals surface area contributed by atoms with Crippen LogP contribution in [0.2, 0.25) is 0 Å². The fraction of sp³-hybridized carbons (Fsp3) is 0.474. The molecule has 0 spiro atoms. The van der Waals surface area contributed by atoms with Crippen molar-refractivity contribution in [3.05, 3.63) is 47.5 Å². The van der Waals surface area contributed by atoms with E-state index in [2.05, 4.69) is 24.9 Å². The molecule has 27 heavy (non-hydrogen) atoms. The Hall–Kier alpha value is -2.32. The van der Waals surface area contributed by atoms with Gasteiger partial charge in [-0.15, -0.1) is 10.2 Å². The van der Waals surface area contributed by atoms with Crippen molar-refractivity contribution >= 4 is 11.6 Å². The van der Waals surface area contributed by atoms with Crippen LogP contribution < -0.4 is 9.80 Å². The Kier molecular flexibility index (Phi) is 5.45. The topological polar surface area (TPSA) is 44.7 Å². The second-order valence-electron chi connectivity index (χ2n) is 6.85. The molecule has 2 fully saturated rings. The molecular formula is C19H23F2N5O. The summed E-state index contributed by atoms with van der Waals surface area (Å²) in [5.74, 6) is 0.717. The summed E-state index contributed by atoms with van der Waals surface area (Å²) in [5.41, 5.74) is 0.527. The zero-order valence-electron chi connectivity index (χ0n) is 15.2. The number of anilines is 2. The predicted octanol–water partition coefficient (Wildman–Crippen LogP) is 1.91. The molecule has 1 aromatic carbocycles. The molecule has 6 nitrogen and oxygen atoms in total. The van der Waals surface area contributed by atoms with Gasteiger partial charge in [-0.25, -0.2) is 8.78 Å². The van der Waals surface area contributed by atoms with Crippen LogP contribution in [-0.4, -0.2) is 67.6 Å². The summed E-state index contributed by atoms with van der Waals surface area (Å²) in [6, 6.07) is 7.78. The quantitative estimate of drug-likeness (QED) is 0.814. The molecule has 144 valence electrons. The lowest BCUT2D eigenvalue weighted by Gasteiger charge is -2.35. The number of hydrogen-bond acceptors (Lipinski definition) is 6. The normalized spacial score (nSPS) is 18.7. The smallest absolute Gasteiger partial charge is 0.151 e.